The second kappa shape index (κ2) is 8.81. The monoisotopic (exact) mass is 487 g/mol. The van der Waals surface area contributed by atoms with Gasteiger partial charge in [-0.25, -0.2) is 14.2 Å². The number of hydrogen-bond acceptors (Lipinski definition) is 6. The van der Waals surface area contributed by atoms with Gasteiger partial charge < -0.3 is 14.2 Å². The molecule has 1 aromatic heterocycles. The van der Waals surface area contributed by atoms with Crippen LogP contribution in [-0.2, 0) is 16.1 Å². The van der Waals surface area contributed by atoms with Crippen LogP contribution in [0, 0.1) is 5.82 Å². The zero-order valence-corrected chi connectivity index (χ0v) is 18.1. The molecule has 5 nitrogen and oxygen atoms in total. The third-order valence-electron chi connectivity index (χ3n) is 4.18. The highest BCUT2D eigenvalue weighted by molar-refractivity contribution is 9.10. The number of carbonyl (C=O) groups excluding carboxylic acids is 1. The van der Waals surface area contributed by atoms with Crippen molar-refractivity contribution in [3.05, 3.63) is 85.9 Å². The Morgan fingerprint density at radius 1 is 1.23 bits per heavy atom. The van der Waals surface area contributed by atoms with Crippen LogP contribution in [0.2, 0.25) is 0 Å². The summed E-state index contributed by atoms with van der Waals surface area (Å²) in [6.45, 7) is 0.175. The number of aliphatic imine (C=N–C) groups is 1. The second-order valence-electron chi connectivity index (χ2n) is 6.27. The van der Waals surface area contributed by atoms with E-state index in [1.54, 1.807) is 30.3 Å². The van der Waals surface area contributed by atoms with Crippen molar-refractivity contribution in [2.75, 3.05) is 7.11 Å². The molecular weight excluding hydrogens is 473 g/mol. The topological polar surface area (TPSA) is 57.1 Å². The lowest BCUT2D eigenvalue weighted by Gasteiger charge is -2.13. The van der Waals surface area contributed by atoms with Crippen LogP contribution in [0.1, 0.15) is 16.0 Å². The van der Waals surface area contributed by atoms with Gasteiger partial charge >= 0.3 is 5.97 Å². The normalized spacial score (nSPS) is 14.6. The number of benzene rings is 2. The highest BCUT2D eigenvalue weighted by Crippen LogP contribution is 2.38. The molecule has 152 valence electrons. The van der Waals surface area contributed by atoms with Crippen molar-refractivity contribution in [2.24, 2.45) is 4.99 Å². The SMILES string of the molecule is COc1cc(C=C2N=C(c3cccs3)OC2=O)cc(Br)c1OCc1cccc(F)c1. The Hall–Kier alpha value is -2.97. The molecule has 0 N–H and O–H groups in total. The number of halogens is 2. The molecule has 0 unspecified atom stereocenters. The molecule has 0 saturated heterocycles. The number of ether oxygens (including phenoxy) is 3. The van der Waals surface area contributed by atoms with Gasteiger partial charge in [0.25, 0.3) is 0 Å². The fourth-order valence-corrected chi connectivity index (χ4v) is 4.04. The highest BCUT2D eigenvalue weighted by atomic mass is 79.9. The Morgan fingerprint density at radius 3 is 2.83 bits per heavy atom. The molecule has 0 aliphatic carbocycles. The Kier molecular flexibility index (Phi) is 5.96. The fraction of sp³-hybridized carbons (Fsp3) is 0.0909. The van der Waals surface area contributed by atoms with Crippen molar-refractivity contribution >= 4 is 45.2 Å². The first-order valence-electron chi connectivity index (χ1n) is 8.84. The van der Waals surface area contributed by atoms with Crippen LogP contribution in [0.4, 0.5) is 4.39 Å². The summed E-state index contributed by atoms with van der Waals surface area (Å²) in [4.78, 5) is 17.3. The van der Waals surface area contributed by atoms with Gasteiger partial charge in [-0.2, -0.15) is 0 Å². The minimum absolute atomic E-state index is 0.175. The molecule has 0 amide bonds. The fourth-order valence-electron chi connectivity index (χ4n) is 2.82. The third-order valence-corrected chi connectivity index (χ3v) is 5.63. The number of carbonyl (C=O) groups is 1. The lowest BCUT2D eigenvalue weighted by Crippen LogP contribution is -2.03. The molecule has 0 atom stereocenters. The molecule has 30 heavy (non-hydrogen) atoms. The Morgan fingerprint density at radius 2 is 2.10 bits per heavy atom. The lowest BCUT2D eigenvalue weighted by molar-refractivity contribution is -0.129. The van der Waals surface area contributed by atoms with E-state index in [1.807, 2.05) is 17.5 Å². The van der Waals surface area contributed by atoms with E-state index in [2.05, 4.69) is 20.9 Å². The minimum atomic E-state index is -0.514. The zero-order valence-electron chi connectivity index (χ0n) is 15.7. The van der Waals surface area contributed by atoms with E-state index < -0.39 is 5.97 Å². The van der Waals surface area contributed by atoms with E-state index in [4.69, 9.17) is 14.2 Å². The van der Waals surface area contributed by atoms with Crippen LogP contribution in [0.15, 0.2) is 69.1 Å². The summed E-state index contributed by atoms with van der Waals surface area (Å²) in [5.74, 6) is 0.388. The molecular formula is C22H15BrFNO4S. The molecule has 0 radical (unpaired) electrons. The Bertz CT molecular complexity index is 1160. The van der Waals surface area contributed by atoms with Crippen LogP contribution < -0.4 is 9.47 Å². The van der Waals surface area contributed by atoms with E-state index in [9.17, 15) is 9.18 Å². The van der Waals surface area contributed by atoms with Crippen LogP contribution in [0.3, 0.4) is 0 Å². The van der Waals surface area contributed by atoms with Gasteiger partial charge in [-0.05, 0) is 68.8 Å². The summed E-state index contributed by atoms with van der Waals surface area (Å²) in [5.41, 5.74) is 1.57. The van der Waals surface area contributed by atoms with Crippen LogP contribution >= 0.6 is 27.3 Å². The Balaban J connectivity index is 1.59. The van der Waals surface area contributed by atoms with E-state index in [0.29, 0.717) is 33.0 Å². The smallest absolute Gasteiger partial charge is 0.363 e. The van der Waals surface area contributed by atoms with Crippen molar-refractivity contribution in [1.82, 2.24) is 0 Å². The quantitative estimate of drug-likeness (QED) is 0.336. The number of cyclic esters (lactones) is 1. The predicted molar refractivity (Wildman–Crippen MR) is 116 cm³/mol. The third kappa shape index (κ3) is 4.44. The van der Waals surface area contributed by atoms with Crippen molar-refractivity contribution < 1.29 is 23.4 Å². The van der Waals surface area contributed by atoms with Gasteiger partial charge in [0, 0.05) is 0 Å². The standard InChI is InChI=1S/C22H15BrFNO4S/c1-27-18-11-14(10-17-22(26)29-21(25-17)19-6-3-7-30-19)9-16(23)20(18)28-12-13-4-2-5-15(24)8-13/h2-11H,12H2,1H3. The number of methoxy groups -OCH3 is 1. The van der Waals surface area contributed by atoms with Gasteiger partial charge in [-0.1, -0.05) is 18.2 Å². The van der Waals surface area contributed by atoms with E-state index in [0.717, 1.165) is 4.88 Å². The summed E-state index contributed by atoms with van der Waals surface area (Å²) >= 11 is 4.92. The molecule has 1 aliphatic heterocycles. The number of hydrogen-bond donors (Lipinski definition) is 0. The van der Waals surface area contributed by atoms with Crippen LogP contribution in [0.25, 0.3) is 6.08 Å². The summed E-state index contributed by atoms with van der Waals surface area (Å²) in [7, 11) is 1.52. The second-order valence-corrected chi connectivity index (χ2v) is 8.07. The van der Waals surface area contributed by atoms with Gasteiger partial charge in [0.05, 0.1) is 16.5 Å². The number of esters is 1. The van der Waals surface area contributed by atoms with Gasteiger partial charge in [-0.15, -0.1) is 11.3 Å². The molecule has 1 aliphatic rings. The molecule has 0 bridgehead atoms. The zero-order chi connectivity index (χ0) is 21.1. The molecule has 0 spiro atoms. The summed E-state index contributed by atoms with van der Waals surface area (Å²) in [6, 6.07) is 13.4. The molecule has 4 rings (SSSR count). The van der Waals surface area contributed by atoms with E-state index >= 15 is 0 Å². The number of rotatable bonds is 6. The first-order chi connectivity index (χ1) is 14.5. The van der Waals surface area contributed by atoms with Crippen LogP contribution in [-0.4, -0.2) is 19.0 Å². The highest BCUT2D eigenvalue weighted by Gasteiger charge is 2.25. The van der Waals surface area contributed by atoms with Crippen molar-refractivity contribution in [3.8, 4) is 11.5 Å². The summed E-state index contributed by atoms with van der Waals surface area (Å²) in [6.07, 6.45) is 1.62. The van der Waals surface area contributed by atoms with Gasteiger partial charge in [0.2, 0.25) is 5.90 Å². The van der Waals surface area contributed by atoms with Crippen molar-refractivity contribution in [2.45, 2.75) is 6.61 Å². The Labute approximate surface area is 184 Å². The molecule has 0 fully saturated rings. The van der Waals surface area contributed by atoms with Gasteiger partial charge in [0.1, 0.15) is 12.4 Å². The molecule has 0 saturated carbocycles. The maximum absolute atomic E-state index is 13.4. The molecule has 8 heteroatoms. The lowest BCUT2D eigenvalue weighted by atomic mass is 10.1. The first kappa shape index (κ1) is 20.3. The molecule has 2 heterocycles. The maximum atomic E-state index is 13.4. The molecule has 2 aromatic carbocycles. The van der Waals surface area contributed by atoms with Gasteiger partial charge in [0.15, 0.2) is 17.2 Å². The largest absolute Gasteiger partial charge is 0.493 e. The van der Waals surface area contributed by atoms with Gasteiger partial charge in [-0.3, -0.25) is 0 Å². The average molecular weight is 488 g/mol. The van der Waals surface area contributed by atoms with E-state index in [-0.39, 0.29) is 18.1 Å². The maximum Gasteiger partial charge on any atom is 0.363 e. The number of thiophene rings is 1. The molecule has 3 aromatic rings. The minimum Gasteiger partial charge on any atom is -0.493 e. The van der Waals surface area contributed by atoms with E-state index in [1.165, 1.54) is 30.6 Å². The van der Waals surface area contributed by atoms with Crippen molar-refractivity contribution in [3.63, 3.8) is 0 Å². The first-order valence-corrected chi connectivity index (χ1v) is 10.5. The summed E-state index contributed by atoms with van der Waals surface area (Å²) < 4.78 is 30.5. The summed E-state index contributed by atoms with van der Waals surface area (Å²) in [5, 5.41) is 1.89. The van der Waals surface area contributed by atoms with Crippen LogP contribution in [0.5, 0.6) is 11.5 Å². The van der Waals surface area contributed by atoms with Crippen molar-refractivity contribution in [1.29, 1.82) is 0 Å². The predicted octanol–water partition coefficient (Wildman–Crippen LogP) is 5.58. The average Bonchev–Trinajstić information content (AvgIpc) is 3.37. The number of nitrogens with zero attached hydrogens (tertiary/aromatic N) is 1.